The van der Waals surface area contributed by atoms with E-state index in [0.29, 0.717) is 22.0 Å². The third-order valence-corrected chi connectivity index (χ3v) is 2.91. The molecule has 0 aliphatic carbocycles. The molecule has 0 saturated carbocycles. The highest BCUT2D eigenvalue weighted by Crippen LogP contribution is 2.20. The van der Waals surface area contributed by atoms with E-state index in [1.54, 1.807) is 12.1 Å². The van der Waals surface area contributed by atoms with Gasteiger partial charge in [0.2, 0.25) is 0 Å². The lowest BCUT2D eigenvalue weighted by molar-refractivity contribution is 0.0936. The molecule has 0 aliphatic heterocycles. The number of hydrogen-bond acceptors (Lipinski definition) is 2. The number of hydrogen-bond donors (Lipinski definition) is 2. The Morgan fingerprint density at radius 2 is 2.18 bits per heavy atom. The summed E-state index contributed by atoms with van der Waals surface area (Å²) < 4.78 is 0. The molecule has 1 aromatic rings. The van der Waals surface area contributed by atoms with Crippen LogP contribution in [0.25, 0.3) is 0 Å². The first-order chi connectivity index (χ1) is 8.04. The van der Waals surface area contributed by atoms with Crippen molar-refractivity contribution in [1.82, 2.24) is 5.32 Å². The Bertz CT molecular complexity index is 396. The van der Waals surface area contributed by atoms with Gasteiger partial charge >= 0.3 is 0 Å². The fraction of sp³-hybridized carbons (Fsp3) is 0.417. The smallest absolute Gasteiger partial charge is 0.253 e. The van der Waals surface area contributed by atoms with E-state index in [-0.39, 0.29) is 18.6 Å². The van der Waals surface area contributed by atoms with Crippen LogP contribution in [0.1, 0.15) is 30.1 Å². The van der Waals surface area contributed by atoms with Gasteiger partial charge in [0, 0.05) is 17.7 Å². The van der Waals surface area contributed by atoms with E-state index in [1.807, 2.05) is 6.92 Å². The molecule has 1 aromatic carbocycles. The Balaban J connectivity index is 2.66. The van der Waals surface area contributed by atoms with Crippen LogP contribution in [0.2, 0.25) is 10.0 Å². The molecular formula is C12H15Cl2NO2. The molecule has 0 heterocycles. The maximum atomic E-state index is 11.9. The maximum Gasteiger partial charge on any atom is 0.253 e. The van der Waals surface area contributed by atoms with Gasteiger partial charge in [-0.25, -0.2) is 0 Å². The van der Waals surface area contributed by atoms with Gasteiger partial charge < -0.3 is 10.4 Å². The number of aliphatic hydroxyl groups excluding tert-OH is 1. The fourth-order valence-electron chi connectivity index (χ4n) is 1.44. The lowest BCUT2D eigenvalue weighted by Crippen LogP contribution is -2.32. The monoisotopic (exact) mass is 275 g/mol. The molecule has 5 heteroatoms. The highest BCUT2D eigenvalue weighted by atomic mass is 35.5. The minimum absolute atomic E-state index is 0.00954. The summed E-state index contributed by atoms with van der Waals surface area (Å²) in [4.78, 5) is 11.9. The lowest BCUT2D eigenvalue weighted by Gasteiger charge is -2.14. The molecular weight excluding hydrogens is 261 g/mol. The fourth-order valence-corrected chi connectivity index (χ4v) is 1.82. The number of nitrogens with one attached hydrogen (secondary N) is 1. The first-order valence-electron chi connectivity index (χ1n) is 5.41. The molecule has 1 amide bonds. The predicted octanol–water partition coefficient (Wildman–Crippen LogP) is 2.88. The normalized spacial score (nSPS) is 12.2. The minimum Gasteiger partial charge on any atom is -0.396 e. The van der Waals surface area contributed by atoms with Crippen LogP contribution in [0.3, 0.4) is 0 Å². The molecule has 94 valence electrons. The van der Waals surface area contributed by atoms with Crippen molar-refractivity contribution >= 4 is 29.1 Å². The number of rotatable bonds is 5. The van der Waals surface area contributed by atoms with Crippen molar-refractivity contribution in [2.75, 3.05) is 6.61 Å². The second-order valence-electron chi connectivity index (χ2n) is 3.86. The van der Waals surface area contributed by atoms with E-state index in [4.69, 9.17) is 28.3 Å². The summed E-state index contributed by atoms with van der Waals surface area (Å²) >= 11 is 11.7. The second-order valence-corrected chi connectivity index (χ2v) is 4.71. The largest absolute Gasteiger partial charge is 0.396 e. The Morgan fingerprint density at radius 3 is 2.82 bits per heavy atom. The average Bonchev–Trinajstić information content (AvgIpc) is 2.29. The van der Waals surface area contributed by atoms with Gasteiger partial charge in [0.05, 0.1) is 10.6 Å². The Morgan fingerprint density at radius 1 is 1.47 bits per heavy atom. The van der Waals surface area contributed by atoms with Crippen LogP contribution in [0.15, 0.2) is 18.2 Å². The molecule has 0 radical (unpaired) electrons. The van der Waals surface area contributed by atoms with E-state index in [9.17, 15) is 4.79 Å². The first-order valence-corrected chi connectivity index (χ1v) is 6.17. The van der Waals surface area contributed by atoms with Gasteiger partial charge in [0.15, 0.2) is 0 Å². The lowest BCUT2D eigenvalue weighted by atomic mass is 10.1. The van der Waals surface area contributed by atoms with Crippen LogP contribution >= 0.6 is 23.2 Å². The summed E-state index contributed by atoms with van der Waals surface area (Å²) in [5, 5.41) is 12.4. The van der Waals surface area contributed by atoms with E-state index in [0.717, 1.165) is 6.42 Å². The quantitative estimate of drug-likeness (QED) is 0.868. The van der Waals surface area contributed by atoms with Crippen molar-refractivity contribution in [1.29, 1.82) is 0 Å². The maximum absolute atomic E-state index is 11.9. The van der Waals surface area contributed by atoms with Crippen molar-refractivity contribution in [2.45, 2.75) is 25.8 Å². The van der Waals surface area contributed by atoms with Crippen molar-refractivity contribution in [2.24, 2.45) is 0 Å². The SMILES string of the molecule is CC(CCCO)NC(=O)c1cc(Cl)ccc1Cl. The number of carbonyl (C=O) groups is 1. The topological polar surface area (TPSA) is 49.3 Å². The molecule has 3 nitrogen and oxygen atoms in total. The zero-order valence-electron chi connectivity index (χ0n) is 9.54. The third-order valence-electron chi connectivity index (χ3n) is 2.35. The van der Waals surface area contributed by atoms with E-state index in [1.165, 1.54) is 6.07 Å². The van der Waals surface area contributed by atoms with Gasteiger partial charge in [0.25, 0.3) is 5.91 Å². The molecule has 1 atom stereocenters. The van der Waals surface area contributed by atoms with Crippen LogP contribution in [-0.4, -0.2) is 23.7 Å². The Labute approximate surface area is 111 Å². The van der Waals surface area contributed by atoms with Gasteiger partial charge in [-0.3, -0.25) is 4.79 Å². The highest BCUT2D eigenvalue weighted by Gasteiger charge is 2.13. The van der Waals surface area contributed by atoms with Gasteiger partial charge in [-0.1, -0.05) is 23.2 Å². The summed E-state index contributed by atoms with van der Waals surface area (Å²) in [5.74, 6) is -0.247. The summed E-state index contributed by atoms with van der Waals surface area (Å²) in [5.41, 5.74) is 0.370. The molecule has 1 unspecified atom stereocenters. The van der Waals surface area contributed by atoms with Gasteiger partial charge in [-0.05, 0) is 38.0 Å². The summed E-state index contributed by atoms with van der Waals surface area (Å²) in [7, 11) is 0. The third kappa shape index (κ3) is 4.54. The average molecular weight is 276 g/mol. The van der Waals surface area contributed by atoms with Crippen molar-refractivity contribution in [3.63, 3.8) is 0 Å². The minimum atomic E-state index is -0.247. The summed E-state index contributed by atoms with van der Waals surface area (Å²) in [6.45, 7) is 2.00. The van der Waals surface area contributed by atoms with Crippen molar-refractivity contribution < 1.29 is 9.90 Å². The van der Waals surface area contributed by atoms with Crippen LogP contribution < -0.4 is 5.32 Å². The zero-order valence-corrected chi connectivity index (χ0v) is 11.1. The summed E-state index contributed by atoms with van der Waals surface area (Å²) in [6, 6.07) is 4.76. The number of carbonyl (C=O) groups excluding carboxylic acids is 1. The van der Waals surface area contributed by atoms with Crippen molar-refractivity contribution in [3.05, 3.63) is 33.8 Å². The molecule has 0 aliphatic rings. The van der Waals surface area contributed by atoms with Crippen LogP contribution in [0.4, 0.5) is 0 Å². The predicted molar refractivity (Wildman–Crippen MR) is 69.7 cm³/mol. The van der Waals surface area contributed by atoms with Gasteiger partial charge in [-0.2, -0.15) is 0 Å². The second kappa shape index (κ2) is 6.84. The number of benzene rings is 1. The Kier molecular flexibility index (Phi) is 5.75. The number of halogens is 2. The standard InChI is InChI=1S/C12H15Cl2NO2/c1-8(3-2-6-16)15-12(17)10-7-9(13)4-5-11(10)14/h4-5,7-8,16H,2-3,6H2,1H3,(H,15,17). The van der Waals surface area contributed by atoms with E-state index < -0.39 is 0 Å². The molecule has 1 rings (SSSR count). The highest BCUT2D eigenvalue weighted by molar-refractivity contribution is 6.35. The molecule has 0 spiro atoms. The van der Waals surface area contributed by atoms with Crippen LogP contribution in [0, 0.1) is 0 Å². The molecule has 0 bridgehead atoms. The summed E-state index contributed by atoms with van der Waals surface area (Å²) in [6.07, 6.45) is 1.38. The van der Waals surface area contributed by atoms with Crippen molar-refractivity contribution in [3.8, 4) is 0 Å². The zero-order chi connectivity index (χ0) is 12.8. The molecule has 0 fully saturated rings. The number of aliphatic hydroxyl groups is 1. The molecule has 0 aromatic heterocycles. The molecule has 2 N–H and O–H groups in total. The molecule has 17 heavy (non-hydrogen) atoms. The first kappa shape index (κ1) is 14.3. The van der Waals surface area contributed by atoms with Gasteiger partial charge in [0.1, 0.15) is 0 Å². The van der Waals surface area contributed by atoms with Crippen LogP contribution in [-0.2, 0) is 0 Å². The van der Waals surface area contributed by atoms with Gasteiger partial charge in [-0.15, -0.1) is 0 Å². The van der Waals surface area contributed by atoms with Crippen LogP contribution in [0.5, 0.6) is 0 Å². The molecule has 0 saturated heterocycles. The number of amides is 1. The van der Waals surface area contributed by atoms with E-state index >= 15 is 0 Å². The Hall–Kier alpha value is -0.770. The van der Waals surface area contributed by atoms with E-state index in [2.05, 4.69) is 5.32 Å².